The van der Waals surface area contributed by atoms with Crippen molar-refractivity contribution in [3.8, 4) is 5.75 Å². The third-order valence-electron chi connectivity index (χ3n) is 4.23. The van der Waals surface area contributed by atoms with Crippen molar-refractivity contribution in [2.45, 2.75) is 26.1 Å². The molecule has 0 spiro atoms. The number of benzene rings is 3. The van der Waals surface area contributed by atoms with E-state index in [2.05, 4.69) is 46.4 Å². The van der Waals surface area contributed by atoms with Crippen molar-refractivity contribution in [1.82, 2.24) is 5.32 Å². The van der Waals surface area contributed by atoms with Crippen LogP contribution in [0.15, 0.2) is 77.3 Å². The van der Waals surface area contributed by atoms with Crippen LogP contribution in [0.25, 0.3) is 0 Å². The Morgan fingerprint density at radius 3 is 2.46 bits per heavy atom. The fourth-order valence-corrected chi connectivity index (χ4v) is 3.10. The van der Waals surface area contributed by atoms with E-state index in [1.165, 1.54) is 17.7 Å². The maximum atomic E-state index is 13.0. The van der Waals surface area contributed by atoms with E-state index < -0.39 is 0 Å². The third kappa shape index (κ3) is 5.16. The van der Waals surface area contributed by atoms with E-state index in [9.17, 15) is 4.39 Å². The van der Waals surface area contributed by atoms with Gasteiger partial charge in [0.1, 0.15) is 18.2 Å². The molecule has 0 aliphatic rings. The molecule has 134 valence electrons. The van der Waals surface area contributed by atoms with E-state index in [1.54, 1.807) is 12.1 Å². The van der Waals surface area contributed by atoms with Crippen LogP contribution in [0, 0.1) is 5.82 Å². The Morgan fingerprint density at radius 2 is 1.73 bits per heavy atom. The van der Waals surface area contributed by atoms with Crippen LogP contribution in [-0.4, -0.2) is 0 Å². The molecule has 0 bridgehead atoms. The minimum absolute atomic E-state index is 0.236. The van der Waals surface area contributed by atoms with Gasteiger partial charge in [-0.05, 0) is 48.4 Å². The summed E-state index contributed by atoms with van der Waals surface area (Å²) in [5, 5.41) is 3.54. The molecule has 0 heterocycles. The van der Waals surface area contributed by atoms with Gasteiger partial charge in [0.05, 0.1) is 0 Å². The number of ether oxygens (including phenoxy) is 1. The number of hydrogen-bond donors (Lipinski definition) is 1. The summed E-state index contributed by atoms with van der Waals surface area (Å²) in [5.74, 6) is 0.586. The molecule has 4 heteroatoms. The Morgan fingerprint density at radius 1 is 1.00 bits per heavy atom. The zero-order valence-corrected chi connectivity index (χ0v) is 16.2. The third-order valence-corrected chi connectivity index (χ3v) is 4.72. The van der Waals surface area contributed by atoms with Crippen molar-refractivity contribution in [2.75, 3.05) is 0 Å². The maximum Gasteiger partial charge on any atom is 0.124 e. The van der Waals surface area contributed by atoms with Gasteiger partial charge in [0.15, 0.2) is 0 Å². The summed E-state index contributed by atoms with van der Waals surface area (Å²) in [7, 11) is 0. The summed E-state index contributed by atoms with van der Waals surface area (Å²) in [6.07, 6.45) is 0. The number of nitrogens with one attached hydrogen (secondary N) is 1. The van der Waals surface area contributed by atoms with Crippen LogP contribution < -0.4 is 10.1 Å². The van der Waals surface area contributed by atoms with Gasteiger partial charge in [0, 0.05) is 22.6 Å². The van der Waals surface area contributed by atoms with Gasteiger partial charge in [-0.15, -0.1) is 0 Å². The monoisotopic (exact) mass is 413 g/mol. The largest absolute Gasteiger partial charge is 0.489 e. The van der Waals surface area contributed by atoms with Gasteiger partial charge in [0.25, 0.3) is 0 Å². The molecule has 3 aromatic rings. The Kier molecular flexibility index (Phi) is 6.42. The molecule has 0 aliphatic carbocycles. The topological polar surface area (TPSA) is 21.3 Å². The summed E-state index contributed by atoms with van der Waals surface area (Å²) in [4.78, 5) is 0. The number of halogens is 2. The van der Waals surface area contributed by atoms with Gasteiger partial charge in [-0.2, -0.15) is 0 Å². The van der Waals surface area contributed by atoms with Crippen LogP contribution in [0.3, 0.4) is 0 Å². The van der Waals surface area contributed by atoms with Gasteiger partial charge < -0.3 is 10.1 Å². The van der Waals surface area contributed by atoms with E-state index in [0.29, 0.717) is 13.2 Å². The van der Waals surface area contributed by atoms with Crippen molar-refractivity contribution in [1.29, 1.82) is 0 Å². The molecule has 3 rings (SSSR count). The standard InChI is InChI=1S/C22H21BrFNO/c1-16(18-5-3-2-4-6-18)25-14-19-13-20(23)9-12-22(19)26-15-17-7-10-21(24)11-8-17/h2-13,16,25H,14-15H2,1H3. The second-order valence-electron chi connectivity index (χ2n) is 6.18. The molecule has 0 radical (unpaired) electrons. The molecule has 0 amide bonds. The second kappa shape index (κ2) is 8.97. The molecule has 1 N–H and O–H groups in total. The molecule has 0 aliphatic heterocycles. The van der Waals surface area contributed by atoms with E-state index in [1.807, 2.05) is 30.3 Å². The Hall–Kier alpha value is -2.17. The van der Waals surface area contributed by atoms with E-state index in [0.717, 1.165) is 21.3 Å². The summed E-state index contributed by atoms with van der Waals surface area (Å²) in [6, 6.07) is 22.9. The van der Waals surface area contributed by atoms with E-state index in [4.69, 9.17) is 4.74 Å². The number of hydrogen-bond acceptors (Lipinski definition) is 2. The molecule has 0 saturated carbocycles. The first-order valence-electron chi connectivity index (χ1n) is 8.56. The molecule has 0 fully saturated rings. The highest BCUT2D eigenvalue weighted by Gasteiger charge is 2.09. The Bertz CT molecular complexity index is 837. The van der Waals surface area contributed by atoms with Crippen LogP contribution in [0.1, 0.15) is 29.7 Å². The quantitative estimate of drug-likeness (QED) is 0.511. The van der Waals surface area contributed by atoms with Crippen LogP contribution in [0.5, 0.6) is 5.75 Å². The summed E-state index contributed by atoms with van der Waals surface area (Å²) >= 11 is 3.53. The summed E-state index contributed by atoms with van der Waals surface area (Å²) in [6.45, 7) is 3.24. The van der Waals surface area contributed by atoms with Gasteiger partial charge in [-0.3, -0.25) is 0 Å². The van der Waals surface area contributed by atoms with Crippen LogP contribution >= 0.6 is 15.9 Å². The van der Waals surface area contributed by atoms with Crippen molar-refractivity contribution in [2.24, 2.45) is 0 Å². The molecule has 1 atom stereocenters. The maximum absolute atomic E-state index is 13.0. The fraction of sp³-hybridized carbons (Fsp3) is 0.182. The molecule has 0 saturated heterocycles. The highest BCUT2D eigenvalue weighted by molar-refractivity contribution is 9.10. The predicted molar refractivity (Wildman–Crippen MR) is 107 cm³/mol. The van der Waals surface area contributed by atoms with E-state index in [-0.39, 0.29) is 11.9 Å². The first kappa shape index (κ1) is 18.6. The SMILES string of the molecule is CC(NCc1cc(Br)ccc1OCc1ccc(F)cc1)c1ccccc1. The van der Waals surface area contributed by atoms with Crippen molar-refractivity contribution in [3.05, 3.63) is 99.8 Å². The van der Waals surface area contributed by atoms with Crippen LogP contribution in [-0.2, 0) is 13.2 Å². The van der Waals surface area contributed by atoms with Gasteiger partial charge in [-0.1, -0.05) is 58.4 Å². The average Bonchev–Trinajstić information content (AvgIpc) is 2.67. The van der Waals surface area contributed by atoms with Crippen LogP contribution in [0.4, 0.5) is 4.39 Å². The summed E-state index contributed by atoms with van der Waals surface area (Å²) < 4.78 is 20.0. The molecular weight excluding hydrogens is 393 g/mol. The Balaban J connectivity index is 1.66. The lowest BCUT2D eigenvalue weighted by Gasteiger charge is -2.17. The molecule has 3 aromatic carbocycles. The molecule has 0 aromatic heterocycles. The minimum atomic E-state index is -0.239. The zero-order valence-electron chi connectivity index (χ0n) is 14.6. The minimum Gasteiger partial charge on any atom is -0.489 e. The molecule has 2 nitrogen and oxygen atoms in total. The number of rotatable bonds is 7. The van der Waals surface area contributed by atoms with Crippen molar-refractivity contribution >= 4 is 15.9 Å². The predicted octanol–water partition coefficient (Wildman–Crippen LogP) is 6.02. The average molecular weight is 414 g/mol. The molecule has 1 unspecified atom stereocenters. The van der Waals surface area contributed by atoms with Crippen molar-refractivity contribution in [3.63, 3.8) is 0 Å². The normalized spacial score (nSPS) is 12.0. The molecule has 26 heavy (non-hydrogen) atoms. The van der Waals surface area contributed by atoms with Gasteiger partial charge in [-0.25, -0.2) is 4.39 Å². The molecular formula is C22H21BrFNO. The lowest BCUT2D eigenvalue weighted by atomic mass is 10.1. The summed E-state index contributed by atoms with van der Waals surface area (Å²) in [5.41, 5.74) is 3.26. The van der Waals surface area contributed by atoms with Crippen molar-refractivity contribution < 1.29 is 9.13 Å². The fourth-order valence-electron chi connectivity index (χ4n) is 2.69. The van der Waals surface area contributed by atoms with Gasteiger partial charge >= 0.3 is 0 Å². The lowest BCUT2D eigenvalue weighted by molar-refractivity contribution is 0.301. The first-order chi connectivity index (χ1) is 12.6. The van der Waals surface area contributed by atoms with Gasteiger partial charge in [0.2, 0.25) is 0 Å². The second-order valence-corrected chi connectivity index (χ2v) is 7.10. The lowest BCUT2D eigenvalue weighted by Crippen LogP contribution is -2.18. The zero-order chi connectivity index (χ0) is 18.4. The Labute approximate surface area is 162 Å². The highest BCUT2D eigenvalue weighted by Crippen LogP contribution is 2.25. The smallest absolute Gasteiger partial charge is 0.124 e. The highest BCUT2D eigenvalue weighted by atomic mass is 79.9. The van der Waals surface area contributed by atoms with Crippen LogP contribution in [0.2, 0.25) is 0 Å². The first-order valence-corrected chi connectivity index (χ1v) is 9.35. The van der Waals surface area contributed by atoms with E-state index >= 15 is 0 Å².